The number of amides is 1. The number of carbonyl (C=O) groups excluding carboxylic acids is 1. The zero-order valence-electron chi connectivity index (χ0n) is 19.7. The first-order chi connectivity index (χ1) is 15.7. The first-order valence-electron chi connectivity index (χ1n) is 11.4. The standard InChI is InChI=1S/C25H33N3O4S/c1-17(2)28(18(3)4)16-19-10-11-21-22(12-13-32-24(21)14-19)26-25(29)15-23(27-33(30)31)20-8-6-5-7-9-20/h5-11,14,17-18,22-23H,12-13,15-16H2,1-4H3,(H,26,29). The van der Waals surface area contributed by atoms with Crippen molar-refractivity contribution in [3.05, 3.63) is 65.2 Å². The van der Waals surface area contributed by atoms with Gasteiger partial charge in [0, 0.05) is 30.6 Å². The highest BCUT2D eigenvalue weighted by Gasteiger charge is 2.25. The lowest BCUT2D eigenvalue weighted by Gasteiger charge is -2.32. The molecule has 0 bridgehead atoms. The summed E-state index contributed by atoms with van der Waals surface area (Å²) in [5, 5.41) is 3.05. The van der Waals surface area contributed by atoms with E-state index in [9.17, 15) is 13.2 Å². The molecule has 0 saturated carbocycles. The summed E-state index contributed by atoms with van der Waals surface area (Å²) in [6.07, 6.45) is 0.614. The Kier molecular flexibility index (Phi) is 8.63. The molecule has 0 spiro atoms. The van der Waals surface area contributed by atoms with Gasteiger partial charge in [-0.1, -0.05) is 42.5 Å². The Morgan fingerprint density at radius 3 is 2.45 bits per heavy atom. The van der Waals surface area contributed by atoms with E-state index in [1.54, 1.807) is 24.3 Å². The fourth-order valence-electron chi connectivity index (χ4n) is 4.28. The van der Waals surface area contributed by atoms with Crippen molar-refractivity contribution in [1.29, 1.82) is 0 Å². The van der Waals surface area contributed by atoms with Crippen molar-refractivity contribution in [3.63, 3.8) is 0 Å². The van der Waals surface area contributed by atoms with E-state index in [0.29, 0.717) is 30.7 Å². The van der Waals surface area contributed by atoms with Crippen LogP contribution in [0.5, 0.6) is 5.75 Å². The number of hydrogen-bond acceptors (Lipinski definition) is 6. The summed E-state index contributed by atoms with van der Waals surface area (Å²) in [5.41, 5.74) is 2.80. The van der Waals surface area contributed by atoms with Gasteiger partial charge in [-0.25, -0.2) is 0 Å². The van der Waals surface area contributed by atoms with Gasteiger partial charge in [-0.15, -0.1) is 0 Å². The van der Waals surface area contributed by atoms with Crippen LogP contribution in [0.15, 0.2) is 52.9 Å². The van der Waals surface area contributed by atoms with Crippen LogP contribution in [0.25, 0.3) is 0 Å². The van der Waals surface area contributed by atoms with Crippen molar-refractivity contribution in [2.45, 2.75) is 71.2 Å². The molecule has 1 heterocycles. The van der Waals surface area contributed by atoms with Crippen molar-refractivity contribution < 1.29 is 17.9 Å². The summed E-state index contributed by atoms with van der Waals surface area (Å²) in [5.74, 6) is 0.548. The van der Waals surface area contributed by atoms with Crippen molar-refractivity contribution in [2.75, 3.05) is 6.61 Å². The van der Waals surface area contributed by atoms with Crippen molar-refractivity contribution in [2.24, 2.45) is 4.36 Å². The second-order valence-corrected chi connectivity index (χ2v) is 9.59. The number of benzene rings is 2. The molecule has 8 heteroatoms. The van der Waals surface area contributed by atoms with Crippen LogP contribution in [0, 0.1) is 0 Å². The Bertz CT molecular complexity index is 1070. The lowest BCUT2D eigenvalue weighted by atomic mass is 9.97. The van der Waals surface area contributed by atoms with E-state index in [1.165, 1.54) is 5.56 Å². The second-order valence-electron chi connectivity index (χ2n) is 8.94. The van der Waals surface area contributed by atoms with Crippen molar-refractivity contribution in [1.82, 2.24) is 10.2 Å². The predicted octanol–water partition coefficient (Wildman–Crippen LogP) is 4.44. The summed E-state index contributed by atoms with van der Waals surface area (Å²) in [6.45, 7) is 10.1. The number of fused-ring (bicyclic) bond motifs is 1. The minimum atomic E-state index is -2.60. The van der Waals surface area contributed by atoms with E-state index >= 15 is 0 Å². The number of hydrogen-bond donors (Lipinski definition) is 1. The van der Waals surface area contributed by atoms with E-state index in [2.05, 4.69) is 54.4 Å². The molecule has 2 aromatic rings. The molecule has 0 aliphatic carbocycles. The van der Waals surface area contributed by atoms with Crippen LogP contribution in [0.2, 0.25) is 0 Å². The van der Waals surface area contributed by atoms with Gasteiger partial charge in [0.2, 0.25) is 5.91 Å². The molecule has 3 rings (SSSR count). The quantitative estimate of drug-likeness (QED) is 0.584. The fourth-order valence-corrected chi connectivity index (χ4v) is 4.68. The van der Waals surface area contributed by atoms with Crippen molar-refractivity contribution >= 4 is 16.4 Å². The SMILES string of the molecule is CC(C)N(Cc1ccc2c(c1)OCCC2NC(=O)CC(N=S(=O)=O)c1ccccc1)C(C)C. The summed E-state index contributed by atoms with van der Waals surface area (Å²) in [7, 11) is -2.60. The maximum Gasteiger partial charge on any atom is 0.311 e. The third-order valence-corrected chi connectivity index (χ3v) is 6.35. The van der Waals surface area contributed by atoms with E-state index in [0.717, 1.165) is 17.9 Å². The predicted molar refractivity (Wildman–Crippen MR) is 128 cm³/mol. The van der Waals surface area contributed by atoms with Gasteiger partial charge in [0.15, 0.2) is 0 Å². The number of ether oxygens (including phenoxy) is 1. The zero-order chi connectivity index (χ0) is 24.0. The van der Waals surface area contributed by atoms with Gasteiger partial charge in [0.05, 0.1) is 19.1 Å². The molecular weight excluding hydrogens is 438 g/mol. The Labute approximate surface area is 197 Å². The normalized spacial score (nSPS) is 16.3. The van der Waals surface area contributed by atoms with Crippen LogP contribution >= 0.6 is 0 Å². The average molecular weight is 472 g/mol. The molecule has 33 heavy (non-hydrogen) atoms. The molecule has 0 fully saturated rings. The summed E-state index contributed by atoms with van der Waals surface area (Å²) >= 11 is 0. The van der Waals surface area contributed by atoms with Gasteiger partial charge >= 0.3 is 10.5 Å². The summed E-state index contributed by atoms with van der Waals surface area (Å²) in [6, 6.07) is 15.1. The van der Waals surface area contributed by atoms with Crippen LogP contribution in [0.1, 0.15) is 69.3 Å². The molecule has 1 aliphatic heterocycles. The molecule has 0 aromatic heterocycles. The summed E-state index contributed by atoms with van der Waals surface area (Å²) in [4.78, 5) is 15.2. The largest absolute Gasteiger partial charge is 0.493 e. The van der Waals surface area contributed by atoms with Gasteiger partial charge in [0.1, 0.15) is 11.8 Å². The molecule has 1 N–H and O–H groups in total. The summed E-state index contributed by atoms with van der Waals surface area (Å²) < 4.78 is 32.0. The van der Waals surface area contributed by atoms with Crippen LogP contribution in [-0.2, 0) is 21.8 Å². The molecule has 2 aromatic carbocycles. The highest BCUT2D eigenvalue weighted by molar-refractivity contribution is 7.61. The van der Waals surface area contributed by atoms with Gasteiger partial charge in [-0.3, -0.25) is 9.69 Å². The molecule has 0 radical (unpaired) electrons. The van der Waals surface area contributed by atoms with E-state index in [-0.39, 0.29) is 18.4 Å². The highest BCUT2D eigenvalue weighted by Crippen LogP contribution is 2.34. The highest BCUT2D eigenvalue weighted by atomic mass is 32.2. The van der Waals surface area contributed by atoms with Crippen LogP contribution in [0.3, 0.4) is 0 Å². The number of nitrogens with zero attached hydrogens (tertiary/aromatic N) is 2. The lowest BCUT2D eigenvalue weighted by Crippen LogP contribution is -2.36. The lowest BCUT2D eigenvalue weighted by molar-refractivity contribution is -0.122. The third kappa shape index (κ3) is 6.88. The fraction of sp³-hybridized carbons (Fsp3) is 0.480. The minimum absolute atomic E-state index is 0.0412. The first kappa shape index (κ1) is 24.9. The van der Waals surface area contributed by atoms with Gasteiger partial charge in [-0.2, -0.15) is 12.8 Å². The number of nitrogens with one attached hydrogen (secondary N) is 1. The Balaban J connectivity index is 1.73. The topological polar surface area (TPSA) is 88.1 Å². The Morgan fingerprint density at radius 2 is 1.82 bits per heavy atom. The average Bonchev–Trinajstić information content (AvgIpc) is 2.77. The molecular formula is C25H33N3O4S. The number of carbonyl (C=O) groups is 1. The van der Waals surface area contributed by atoms with Gasteiger partial charge in [0.25, 0.3) is 0 Å². The maximum absolute atomic E-state index is 12.8. The monoisotopic (exact) mass is 471 g/mol. The van der Waals surface area contributed by atoms with E-state index < -0.39 is 16.5 Å². The Morgan fingerprint density at radius 1 is 1.12 bits per heavy atom. The van der Waals surface area contributed by atoms with Crippen molar-refractivity contribution in [3.8, 4) is 5.75 Å². The van der Waals surface area contributed by atoms with Gasteiger partial charge in [-0.05, 0) is 44.9 Å². The molecule has 178 valence electrons. The molecule has 1 aliphatic rings. The second kappa shape index (κ2) is 11.4. The minimum Gasteiger partial charge on any atom is -0.493 e. The molecule has 7 nitrogen and oxygen atoms in total. The molecule has 0 saturated heterocycles. The molecule has 1 amide bonds. The smallest absolute Gasteiger partial charge is 0.311 e. The number of rotatable bonds is 9. The zero-order valence-corrected chi connectivity index (χ0v) is 20.5. The maximum atomic E-state index is 12.8. The van der Waals surface area contributed by atoms with Crippen LogP contribution in [-0.4, -0.2) is 37.9 Å². The Hall–Kier alpha value is -2.71. The van der Waals surface area contributed by atoms with Gasteiger partial charge < -0.3 is 10.1 Å². The van der Waals surface area contributed by atoms with Crippen LogP contribution < -0.4 is 10.1 Å². The van der Waals surface area contributed by atoms with E-state index in [1.807, 2.05) is 12.1 Å². The van der Waals surface area contributed by atoms with E-state index in [4.69, 9.17) is 4.74 Å². The molecule has 2 atom stereocenters. The van der Waals surface area contributed by atoms with Crippen LogP contribution in [0.4, 0.5) is 0 Å². The molecule has 2 unspecified atom stereocenters. The third-order valence-electron chi connectivity index (χ3n) is 5.92. The first-order valence-corrected chi connectivity index (χ1v) is 12.4.